The molecule has 12 heavy (non-hydrogen) atoms. The van der Waals surface area contributed by atoms with Gasteiger partial charge in [0.1, 0.15) is 5.82 Å². The van der Waals surface area contributed by atoms with Crippen molar-refractivity contribution in [3.63, 3.8) is 0 Å². The maximum Gasteiger partial charge on any atom is 0.139 e. The van der Waals surface area contributed by atoms with E-state index in [-0.39, 0.29) is 5.82 Å². The maximum atomic E-state index is 12.9. The summed E-state index contributed by atoms with van der Waals surface area (Å²) in [4.78, 5) is 3.71. The van der Waals surface area contributed by atoms with Crippen molar-refractivity contribution in [3.05, 3.63) is 28.0 Å². The van der Waals surface area contributed by atoms with Gasteiger partial charge in [0.15, 0.2) is 0 Å². The largest absolute Gasteiger partial charge is 0.206 e. The maximum absolute atomic E-state index is 12.9. The molecule has 1 aromatic carbocycles. The van der Waals surface area contributed by atoms with Crippen molar-refractivity contribution in [2.45, 2.75) is 6.92 Å². The fraction of sp³-hybridized carbons (Fsp3) is 0.125. The summed E-state index contributed by atoms with van der Waals surface area (Å²) in [6.07, 6.45) is 0. The summed E-state index contributed by atoms with van der Waals surface area (Å²) in [5.74, 6) is -0.343. The second-order valence-electron chi connectivity index (χ2n) is 2.26. The van der Waals surface area contributed by atoms with Gasteiger partial charge in [0.25, 0.3) is 0 Å². The molecule has 0 radical (unpaired) electrons. The van der Waals surface area contributed by atoms with Gasteiger partial charge >= 0.3 is 0 Å². The van der Waals surface area contributed by atoms with E-state index in [9.17, 15) is 4.39 Å². The summed E-state index contributed by atoms with van der Waals surface area (Å²) in [5, 5.41) is 2.20. The van der Waals surface area contributed by atoms with Crippen LogP contribution in [0.4, 0.5) is 10.1 Å². The van der Waals surface area contributed by atoms with Crippen LogP contribution in [0, 0.1) is 12.7 Å². The molecular formula is C8H5BrFNS. The topological polar surface area (TPSA) is 12.4 Å². The standard InChI is InChI=1S/C8H5BrFNS/c1-5-2-6(9)7(10)3-8(5)11-4-12/h2-3H,1H3. The van der Waals surface area contributed by atoms with Crippen molar-refractivity contribution in [2.24, 2.45) is 4.99 Å². The van der Waals surface area contributed by atoms with Gasteiger partial charge in [0, 0.05) is 6.07 Å². The van der Waals surface area contributed by atoms with E-state index in [2.05, 4.69) is 38.3 Å². The number of aliphatic imine (C=N–C) groups is 1. The zero-order chi connectivity index (χ0) is 9.14. The molecule has 0 unspecified atom stereocenters. The monoisotopic (exact) mass is 245 g/mol. The number of rotatable bonds is 1. The second kappa shape index (κ2) is 3.90. The van der Waals surface area contributed by atoms with Crippen LogP contribution in [0.25, 0.3) is 0 Å². The fourth-order valence-corrected chi connectivity index (χ4v) is 1.36. The molecule has 0 aromatic heterocycles. The van der Waals surface area contributed by atoms with Gasteiger partial charge in [-0.1, -0.05) is 0 Å². The molecule has 0 aliphatic heterocycles. The first-order chi connectivity index (χ1) is 5.65. The van der Waals surface area contributed by atoms with Gasteiger partial charge in [0.05, 0.1) is 15.3 Å². The van der Waals surface area contributed by atoms with Crippen LogP contribution in [-0.4, -0.2) is 5.16 Å². The smallest absolute Gasteiger partial charge is 0.139 e. The molecule has 0 spiro atoms. The van der Waals surface area contributed by atoms with Gasteiger partial charge in [-0.3, -0.25) is 0 Å². The predicted molar refractivity (Wildman–Crippen MR) is 53.5 cm³/mol. The molecule has 0 fully saturated rings. The van der Waals surface area contributed by atoms with E-state index in [1.54, 1.807) is 6.07 Å². The van der Waals surface area contributed by atoms with E-state index in [4.69, 9.17) is 0 Å². The lowest BCUT2D eigenvalue weighted by atomic mass is 10.2. The predicted octanol–water partition coefficient (Wildman–Crippen LogP) is 3.63. The first-order valence-electron chi connectivity index (χ1n) is 3.18. The van der Waals surface area contributed by atoms with E-state index in [0.29, 0.717) is 10.2 Å². The molecule has 0 saturated carbocycles. The van der Waals surface area contributed by atoms with Crippen molar-refractivity contribution in [1.29, 1.82) is 0 Å². The SMILES string of the molecule is Cc1cc(Br)c(F)cc1N=C=S. The zero-order valence-corrected chi connectivity index (χ0v) is 8.67. The normalized spacial score (nSPS) is 9.25. The molecule has 0 atom stereocenters. The van der Waals surface area contributed by atoms with Crippen molar-refractivity contribution in [2.75, 3.05) is 0 Å². The average molecular weight is 246 g/mol. The van der Waals surface area contributed by atoms with E-state index < -0.39 is 0 Å². The number of isothiocyanates is 1. The van der Waals surface area contributed by atoms with Crippen molar-refractivity contribution in [1.82, 2.24) is 0 Å². The minimum absolute atomic E-state index is 0.343. The molecule has 0 bridgehead atoms. The van der Waals surface area contributed by atoms with Crippen LogP contribution in [0.5, 0.6) is 0 Å². The van der Waals surface area contributed by atoms with Gasteiger partial charge in [-0.2, -0.15) is 4.99 Å². The summed E-state index contributed by atoms with van der Waals surface area (Å²) in [7, 11) is 0. The van der Waals surface area contributed by atoms with Crippen LogP contribution in [0.15, 0.2) is 21.6 Å². The van der Waals surface area contributed by atoms with E-state index >= 15 is 0 Å². The summed E-state index contributed by atoms with van der Waals surface area (Å²) in [6.45, 7) is 1.83. The Balaban J connectivity index is 3.32. The third kappa shape index (κ3) is 1.97. The highest BCUT2D eigenvalue weighted by Gasteiger charge is 2.03. The third-order valence-electron chi connectivity index (χ3n) is 1.40. The van der Waals surface area contributed by atoms with E-state index in [1.165, 1.54) is 6.07 Å². The summed E-state index contributed by atoms with van der Waals surface area (Å²) < 4.78 is 13.3. The number of halogens is 2. The molecule has 1 nitrogen and oxygen atoms in total. The van der Waals surface area contributed by atoms with Crippen molar-refractivity contribution >= 4 is 39.0 Å². The van der Waals surface area contributed by atoms with Crippen LogP contribution >= 0.6 is 28.1 Å². The molecule has 1 aromatic rings. The Hall–Kier alpha value is -0.570. The quantitative estimate of drug-likeness (QED) is 0.544. The lowest BCUT2D eigenvalue weighted by Gasteiger charge is -1.99. The highest BCUT2D eigenvalue weighted by molar-refractivity contribution is 9.10. The molecule has 0 N–H and O–H groups in total. The van der Waals surface area contributed by atoms with Crippen LogP contribution < -0.4 is 0 Å². The number of nitrogens with zero attached hydrogens (tertiary/aromatic N) is 1. The van der Waals surface area contributed by atoms with Gasteiger partial charge in [0.2, 0.25) is 0 Å². The van der Waals surface area contributed by atoms with Crippen molar-refractivity contribution < 1.29 is 4.39 Å². The summed E-state index contributed by atoms with van der Waals surface area (Å²) in [5.41, 5.74) is 1.38. The number of thiocarbonyl (C=S) groups is 1. The Morgan fingerprint density at radius 2 is 2.25 bits per heavy atom. The Morgan fingerprint density at radius 3 is 2.83 bits per heavy atom. The number of aryl methyl sites for hydroxylation is 1. The molecule has 0 saturated heterocycles. The van der Waals surface area contributed by atoms with E-state index in [1.807, 2.05) is 6.92 Å². The Kier molecular flexibility index (Phi) is 3.09. The molecule has 0 aliphatic rings. The lowest BCUT2D eigenvalue weighted by molar-refractivity contribution is 0.621. The third-order valence-corrected chi connectivity index (χ3v) is 2.10. The van der Waals surface area contributed by atoms with Crippen molar-refractivity contribution in [3.8, 4) is 0 Å². The fourth-order valence-electron chi connectivity index (χ4n) is 0.805. The highest BCUT2D eigenvalue weighted by Crippen LogP contribution is 2.25. The van der Waals surface area contributed by atoms with Gasteiger partial charge in [-0.05, 0) is 46.7 Å². The van der Waals surface area contributed by atoms with Crippen LogP contribution in [0.1, 0.15) is 5.56 Å². The minimum atomic E-state index is -0.343. The summed E-state index contributed by atoms with van der Waals surface area (Å²) >= 11 is 7.49. The van der Waals surface area contributed by atoms with Crippen LogP contribution in [-0.2, 0) is 0 Å². The molecule has 62 valence electrons. The molecular weight excluding hydrogens is 241 g/mol. The minimum Gasteiger partial charge on any atom is -0.206 e. The molecule has 4 heteroatoms. The zero-order valence-electron chi connectivity index (χ0n) is 6.27. The van der Waals surface area contributed by atoms with Gasteiger partial charge < -0.3 is 0 Å². The van der Waals surface area contributed by atoms with Crippen LogP contribution in [0.2, 0.25) is 0 Å². The number of hydrogen-bond donors (Lipinski definition) is 0. The molecule has 0 aliphatic carbocycles. The second-order valence-corrected chi connectivity index (χ2v) is 3.29. The first kappa shape index (κ1) is 9.52. The number of benzene rings is 1. The highest BCUT2D eigenvalue weighted by atomic mass is 79.9. The van der Waals surface area contributed by atoms with Gasteiger partial charge in [-0.25, -0.2) is 4.39 Å². The Morgan fingerprint density at radius 1 is 1.58 bits per heavy atom. The molecule has 1 rings (SSSR count). The van der Waals surface area contributed by atoms with E-state index in [0.717, 1.165) is 5.56 Å². The first-order valence-corrected chi connectivity index (χ1v) is 4.39. The lowest BCUT2D eigenvalue weighted by Crippen LogP contribution is -1.80. The Bertz CT molecular complexity index is 358. The van der Waals surface area contributed by atoms with Gasteiger partial charge in [-0.15, -0.1) is 0 Å². The molecule has 0 amide bonds. The Labute approximate surface area is 83.4 Å². The van der Waals surface area contributed by atoms with Crippen LogP contribution in [0.3, 0.4) is 0 Å². The molecule has 0 heterocycles. The summed E-state index contributed by atoms with van der Waals surface area (Å²) in [6, 6.07) is 2.97. The number of hydrogen-bond acceptors (Lipinski definition) is 2. The average Bonchev–Trinajstić information content (AvgIpc) is 2.01.